The number of aromatic nitrogens is 3. The van der Waals surface area contributed by atoms with Gasteiger partial charge in [-0.05, 0) is 42.5 Å². The van der Waals surface area contributed by atoms with Crippen molar-refractivity contribution in [2.45, 2.75) is 36.8 Å². The molecule has 0 radical (unpaired) electrons. The smallest absolute Gasteiger partial charge is 0.349 e. The molecule has 3 atom stereocenters. The number of pyridine rings is 1. The maximum Gasteiger partial charge on any atom is 0.433 e. The first-order chi connectivity index (χ1) is 17.4. The number of rotatable bonds is 6. The minimum absolute atomic E-state index is 0.187. The zero-order valence-electron chi connectivity index (χ0n) is 19.2. The van der Waals surface area contributed by atoms with Crippen LogP contribution in [0.4, 0.5) is 22.0 Å². The second-order valence-corrected chi connectivity index (χ2v) is 10.3. The van der Waals surface area contributed by atoms with Gasteiger partial charge in [0.2, 0.25) is 15.9 Å². The van der Waals surface area contributed by atoms with E-state index in [0.29, 0.717) is 0 Å². The van der Waals surface area contributed by atoms with Crippen molar-refractivity contribution in [3.8, 4) is 11.3 Å². The van der Waals surface area contributed by atoms with Crippen molar-refractivity contribution in [3.63, 3.8) is 0 Å². The lowest BCUT2D eigenvalue weighted by Gasteiger charge is -2.25. The van der Waals surface area contributed by atoms with Gasteiger partial charge < -0.3 is 5.32 Å². The Bertz CT molecular complexity index is 1390. The SMILES string of the molecule is CC1C(F)CN(S(=O)(=O)c2ccc(F)cc2)C1C(=O)NCc1cc(-c2ccc(C(F)(F)F)nc2)ncn1. The summed E-state index contributed by atoms with van der Waals surface area (Å²) >= 11 is 0. The van der Waals surface area contributed by atoms with E-state index in [1.807, 2.05) is 0 Å². The summed E-state index contributed by atoms with van der Waals surface area (Å²) in [4.78, 5) is 24.1. The molecular formula is C23H20F5N5O3S. The van der Waals surface area contributed by atoms with Crippen LogP contribution >= 0.6 is 0 Å². The first kappa shape index (κ1) is 26.5. The van der Waals surface area contributed by atoms with E-state index in [1.165, 1.54) is 19.1 Å². The molecule has 1 amide bonds. The Morgan fingerprint density at radius 1 is 1.11 bits per heavy atom. The Morgan fingerprint density at radius 3 is 2.43 bits per heavy atom. The Hall–Kier alpha value is -3.52. The maximum absolute atomic E-state index is 14.6. The second-order valence-electron chi connectivity index (χ2n) is 8.39. The van der Waals surface area contributed by atoms with Crippen LogP contribution in [-0.2, 0) is 27.5 Å². The monoisotopic (exact) mass is 541 g/mol. The molecule has 3 aromatic rings. The fourth-order valence-electron chi connectivity index (χ4n) is 3.92. The number of sulfonamides is 1. The van der Waals surface area contributed by atoms with Gasteiger partial charge in [0.25, 0.3) is 0 Å². The highest BCUT2D eigenvalue weighted by atomic mass is 32.2. The highest BCUT2D eigenvalue weighted by Gasteiger charge is 2.49. The Labute approximate surface area is 208 Å². The zero-order valence-corrected chi connectivity index (χ0v) is 20.0. The van der Waals surface area contributed by atoms with E-state index in [0.717, 1.165) is 47.2 Å². The van der Waals surface area contributed by atoms with Crippen LogP contribution in [0.15, 0.2) is 59.9 Å². The van der Waals surface area contributed by atoms with Crippen LogP contribution in [-0.4, -0.2) is 52.3 Å². The average Bonchev–Trinajstić information content (AvgIpc) is 3.17. The van der Waals surface area contributed by atoms with Crippen molar-refractivity contribution >= 4 is 15.9 Å². The molecule has 14 heteroatoms. The predicted molar refractivity (Wildman–Crippen MR) is 120 cm³/mol. The van der Waals surface area contributed by atoms with E-state index >= 15 is 0 Å². The highest BCUT2D eigenvalue weighted by molar-refractivity contribution is 7.89. The van der Waals surface area contributed by atoms with Crippen LogP contribution in [0.1, 0.15) is 18.3 Å². The van der Waals surface area contributed by atoms with Crippen molar-refractivity contribution in [1.82, 2.24) is 24.6 Å². The molecule has 3 heterocycles. The molecule has 0 spiro atoms. The van der Waals surface area contributed by atoms with Gasteiger partial charge in [0, 0.05) is 24.2 Å². The molecule has 4 rings (SSSR count). The van der Waals surface area contributed by atoms with Crippen molar-refractivity contribution in [1.29, 1.82) is 0 Å². The van der Waals surface area contributed by atoms with Gasteiger partial charge in [-0.2, -0.15) is 17.5 Å². The molecule has 0 aliphatic carbocycles. The van der Waals surface area contributed by atoms with E-state index in [-0.39, 0.29) is 28.4 Å². The third-order valence-electron chi connectivity index (χ3n) is 5.94. The zero-order chi connectivity index (χ0) is 27.0. The molecule has 1 aliphatic heterocycles. The minimum Gasteiger partial charge on any atom is -0.349 e. The first-order valence-electron chi connectivity index (χ1n) is 10.9. The van der Waals surface area contributed by atoms with Crippen molar-refractivity contribution < 1.29 is 35.2 Å². The molecule has 1 saturated heterocycles. The molecule has 1 N–H and O–H groups in total. The van der Waals surface area contributed by atoms with Gasteiger partial charge in [-0.15, -0.1) is 0 Å². The molecule has 1 fully saturated rings. The predicted octanol–water partition coefficient (Wildman–Crippen LogP) is 3.36. The summed E-state index contributed by atoms with van der Waals surface area (Å²) in [5.74, 6) is -2.38. The van der Waals surface area contributed by atoms with Gasteiger partial charge in [-0.25, -0.2) is 27.2 Å². The highest BCUT2D eigenvalue weighted by Crippen LogP contribution is 2.33. The molecule has 3 unspecified atom stereocenters. The molecule has 8 nitrogen and oxygen atoms in total. The summed E-state index contributed by atoms with van der Waals surface area (Å²) in [6, 6.07) is 6.03. The van der Waals surface area contributed by atoms with E-state index in [1.54, 1.807) is 0 Å². The van der Waals surface area contributed by atoms with Gasteiger partial charge in [0.15, 0.2) is 0 Å². The van der Waals surface area contributed by atoms with E-state index in [2.05, 4.69) is 20.3 Å². The first-order valence-corrected chi connectivity index (χ1v) is 12.4. The Morgan fingerprint density at radius 2 is 1.81 bits per heavy atom. The molecule has 1 aliphatic rings. The summed E-state index contributed by atoms with van der Waals surface area (Å²) in [5.41, 5.74) is -0.258. The number of nitrogens with zero attached hydrogens (tertiary/aromatic N) is 4. The molecule has 196 valence electrons. The number of hydrogen-bond donors (Lipinski definition) is 1. The normalized spacial score (nSPS) is 20.6. The summed E-state index contributed by atoms with van der Waals surface area (Å²) in [7, 11) is -4.30. The van der Waals surface area contributed by atoms with Crippen LogP contribution in [0.2, 0.25) is 0 Å². The molecule has 2 aromatic heterocycles. The van der Waals surface area contributed by atoms with Gasteiger partial charge in [0.1, 0.15) is 30.1 Å². The second kappa shape index (κ2) is 10.1. The molecule has 1 aromatic carbocycles. The van der Waals surface area contributed by atoms with Gasteiger partial charge in [-0.3, -0.25) is 9.78 Å². The number of carbonyl (C=O) groups is 1. The third kappa shape index (κ3) is 5.59. The number of benzene rings is 1. The molecule has 0 bridgehead atoms. The largest absolute Gasteiger partial charge is 0.433 e. The average molecular weight is 542 g/mol. The summed E-state index contributed by atoms with van der Waals surface area (Å²) in [6.07, 6.45) is -4.04. The van der Waals surface area contributed by atoms with Crippen molar-refractivity contribution in [2.24, 2.45) is 5.92 Å². The summed E-state index contributed by atoms with van der Waals surface area (Å²) in [5, 5.41) is 2.54. The summed E-state index contributed by atoms with van der Waals surface area (Å²) < 4.78 is 92.9. The van der Waals surface area contributed by atoms with Crippen molar-refractivity contribution in [3.05, 3.63) is 72.2 Å². The Balaban J connectivity index is 1.50. The van der Waals surface area contributed by atoms with Gasteiger partial charge in [-0.1, -0.05) is 6.92 Å². The van der Waals surface area contributed by atoms with Gasteiger partial charge >= 0.3 is 6.18 Å². The number of hydrogen-bond acceptors (Lipinski definition) is 6. The number of alkyl halides is 4. The fourth-order valence-corrected chi connectivity index (χ4v) is 5.59. The number of nitrogens with one attached hydrogen (secondary N) is 1. The van der Waals surface area contributed by atoms with Crippen molar-refractivity contribution in [2.75, 3.05) is 6.54 Å². The summed E-state index contributed by atoms with van der Waals surface area (Å²) in [6.45, 7) is 0.681. The molecule has 37 heavy (non-hydrogen) atoms. The topological polar surface area (TPSA) is 105 Å². The minimum atomic E-state index is -4.59. The van der Waals surface area contributed by atoms with Crippen LogP contribution in [0.5, 0.6) is 0 Å². The standard InChI is InChI=1S/C23H20F5N5O3S/c1-13-18(25)11-33(37(35,36)17-5-3-15(24)4-6-17)21(13)22(34)30-10-16-8-19(32-12-31-16)14-2-7-20(29-9-14)23(26,27)28/h2-9,12-13,18,21H,10-11H2,1H3,(H,30,34). The quantitative estimate of drug-likeness (QED) is 0.480. The van der Waals surface area contributed by atoms with Crippen LogP contribution in [0.3, 0.4) is 0 Å². The van der Waals surface area contributed by atoms with Crippen LogP contribution in [0.25, 0.3) is 11.3 Å². The Kier molecular flexibility index (Phi) is 7.24. The molecule has 0 saturated carbocycles. The van der Waals surface area contributed by atoms with Crippen LogP contribution in [0, 0.1) is 11.7 Å². The lowest BCUT2D eigenvalue weighted by molar-refractivity contribution is -0.141. The number of halogens is 5. The van der Waals surface area contributed by atoms with Gasteiger partial charge in [0.05, 0.1) is 22.8 Å². The lowest BCUT2D eigenvalue weighted by atomic mass is 10.0. The van der Waals surface area contributed by atoms with E-state index < -0.39 is 58.3 Å². The lowest BCUT2D eigenvalue weighted by Crippen LogP contribution is -2.48. The number of amides is 1. The maximum atomic E-state index is 14.6. The third-order valence-corrected chi connectivity index (χ3v) is 7.80. The molecular weight excluding hydrogens is 521 g/mol. The van der Waals surface area contributed by atoms with E-state index in [9.17, 15) is 35.2 Å². The van der Waals surface area contributed by atoms with E-state index in [4.69, 9.17) is 0 Å². The van der Waals surface area contributed by atoms with Crippen LogP contribution < -0.4 is 5.32 Å². The fraction of sp³-hybridized carbons (Fsp3) is 0.304. The number of carbonyl (C=O) groups excluding carboxylic acids is 1.